The van der Waals surface area contributed by atoms with Gasteiger partial charge >= 0.3 is 0 Å². The molecule has 0 saturated heterocycles. The number of aromatic nitrogens is 2. The number of carbonyl (C=O) groups excluding carboxylic acids is 1. The molecule has 0 aliphatic carbocycles. The van der Waals surface area contributed by atoms with Crippen molar-refractivity contribution in [3.63, 3.8) is 0 Å². The third-order valence-electron chi connectivity index (χ3n) is 3.08. The van der Waals surface area contributed by atoms with Crippen LogP contribution in [0.4, 0.5) is 0 Å². The summed E-state index contributed by atoms with van der Waals surface area (Å²) in [5.74, 6) is 0.506. The van der Waals surface area contributed by atoms with Crippen LogP contribution in [0.1, 0.15) is 45.7 Å². The Hall–Kier alpha value is -1.62. The molecule has 5 heteroatoms. The number of carbonyl (C=O) groups is 1. The Morgan fingerprint density at radius 1 is 1.42 bits per heavy atom. The summed E-state index contributed by atoms with van der Waals surface area (Å²) in [6.07, 6.45) is 1.60. The van der Waals surface area contributed by atoms with Crippen LogP contribution in [0.25, 0.3) is 0 Å². The minimum Gasteiger partial charge on any atom is -0.493 e. The monoisotopic (exact) mass is 278 g/mol. The molecule has 2 aromatic rings. The van der Waals surface area contributed by atoms with Crippen molar-refractivity contribution in [1.82, 2.24) is 9.78 Å². The first-order valence-corrected chi connectivity index (χ1v) is 7.00. The van der Waals surface area contributed by atoms with E-state index in [1.54, 1.807) is 18.0 Å². The van der Waals surface area contributed by atoms with E-state index in [9.17, 15) is 4.79 Å². The van der Waals surface area contributed by atoms with Gasteiger partial charge in [0, 0.05) is 10.9 Å². The molecule has 19 heavy (non-hydrogen) atoms. The number of ketones is 1. The molecular formula is C14H18N2O2S. The fourth-order valence-corrected chi connectivity index (χ4v) is 2.88. The van der Waals surface area contributed by atoms with E-state index in [1.165, 1.54) is 11.3 Å². The summed E-state index contributed by atoms with van der Waals surface area (Å²) in [7, 11) is 1.56. The lowest BCUT2D eigenvalue weighted by Gasteiger charge is -2.10. The standard InChI is InChI=1S/C14H18N2O2S/c1-8(2)16-13(11(18-5)7-15-16)14(17)12-6-9(3)10(4)19-12/h6-8H,1-5H3. The van der Waals surface area contributed by atoms with Gasteiger partial charge in [-0.2, -0.15) is 5.10 Å². The fourth-order valence-electron chi connectivity index (χ4n) is 1.91. The van der Waals surface area contributed by atoms with E-state index in [1.807, 2.05) is 33.8 Å². The highest BCUT2D eigenvalue weighted by Crippen LogP contribution is 2.28. The second-order valence-electron chi connectivity index (χ2n) is 4.78. The minimum atomic E-state index is -0.0238. The first-order valence-electron chi connectivity index (χ1n) is 6.19. The number of thiophene rings is 1. The molecule has 0 unspecified atom stereocenters. The van der Waals surface area contributed by atoms with E-state index in [4.69, 9.17) is 4.74 Å². The summed E-state index contributed by atoms with van der Waals surface area (Å²) in [5, 5.41) is 4.24. The van der Waals surface area contributed by atoms with Crippen molar-refractivity contribution in [2.75, 3.05) is 7.11 Å². The molecule has 2 rings (SSSR count). The smallest absolute Gasteiger partial charge is 0.224 e. The van der Waals surface area contributed by atoms with Crippen molar-refractivity contribution in [3.05, 3.63) is 33.3 Å². The van der Waals surface area contributed by atoms with Gasteiger partial charge in [0.05, 0.1) is 18.2 Å². The van der Waals surface area contributed by atoms with Crippen LogP contribution in [0.2, 0.25) is 0 Å². The molecule has 102 valence electrons. The number of methoxy groups -OCH3 is 1. The molecule has 0 bridgehead atoms. The predicted octanol–water partition coefficient (Wildman–Crippen LogP) is 3.38. The highest BCUT2D eigenvalue weighted by atomic mass is 32.1. The molecule has 0 aromatic carbocycles. The highest BCUT2D eigenvalue weighted by Gasteiger charge is 2.23. The lowest BCUT2D eigenvalue weighted by Crippen LogP contribution is -2.13. The molecule has 0 radical (unpaired) electrons. The van der Waals surface area contributed by atoms with Gasteiger partial charge < -0.3 is 4.74 Å². The Labute approximate surface area is 117 Å². The van der Waals surface area contributed by atoms with Gasteiger partial charge in [0.25, 0.3) is 0 Å². The van der Waals surface area contributed by atoms with Crippen LogP contribution in [0, 0.1) is 13.8 Å². The van der Waals surface area contributed by atoms with E-state index >= 15 is 0 Å². The number of hydrogen-bond acceptors (Lipinski definition) is 4. The van der Waals surface area contributed by atoms with E-state index in [0.29, 0.717) is 11.4 Å². The van der Waals surface area contributed by atoms with Crippen LogP contribution in [0.15, 0.2) is 12.3 Å². The third-order valence-corrected chi connectivity index (χ3v) is 4.23. The Balaban J connectivity index is 2.51. The molecule has 0 N–H and O–H groups in total. The molecular weight excluding hydrogens is 260 g/mol. The van der Waals surface area contributed by atoms with Crippen LogP contribution < -0.4 is 4.74 Å². The summed E-state index contributed by atoms with van der Waals surface area (Å²) in [6, 6.07) is 2.05. The van der Waals surface area contributed by atoms with Gasteiger partial charge in [-0.15, -0.1) is 11.3 Å². The van der Waals surface area contributed by atoms with Gasteiger partial charge in [0.2, 0.25) is 5.78 Å². The maximum atomic E-state index is 12.6. The molecule has 0 spiro atoms. The molecule has 4 nitrogen and oxygen atoms in total. The summed E-state index contributed by atoms with van der Waals surface area (Å²) in [4.78, 5) is 14.5. The third kappa shape index (κ3) is 2.42. The van der Waals surface area contributed by atoms with Crippen molar-refractivity contribution in [2.24, 2.45) is 0 Å². The zero-order valence-electron chi connectivity index (χ0n) is 11.9. The number of hydrogen-bond donors (Lipinski definition) is 0. The van der Waals surface area contributed by atoms with Gasteiger partial charge in [0.1, 0.15) is 0 Å². The van der Waals surface area contributed by atoms with Crippen molar-refractivity contribution in [1.29, 1.82) is 0 Å². The van der Waals surface area contributed by atoms with Gasteiger partial charge in [-0.05, 0) is 39.3 Å². The summed E-state index contributed by atoms with van der Waals surface area (Å²) < 4.78 is 6.97. The van der Waals surface area contributed by atoms with E-state index in [0.717, 1.165) is 15.3 Å². The Bertz CT molecular complexity index is 591. The topological polar surface area (TPSA) is 44.1 Å². The van der Waals surface area contributed by atoms with Gasteiger partial charge in [-0.3, -0.25) is 9.48 Å². The van der Waals surface area contributed by atoms with E-state index in [2.05, 4.69) is 5.10 Å². The van der Waals surface area contributed by atoms with Gasteiger partial charge in [0.15, 0.2) is 11.4 Å². The van der Waals surface area contributed by atoms with Crippen LogP contribution >= 0.6 is 11.3 Å². The quantitative estimate of drug-likeness (QED) is 0.805. The van der Waals surface area contributed by atoms with Crippen LogP contribution in [0.5, 0.6) is 5.75 Å². The van der Waals surface area contributed by atoms with E-state index in [-0.39, 0.29) is 11.8 Å². The normalized spacial score (nSPS) is 11.1. The minimum absolute atomic E-state index is 0.0238. The second kappa shape index (κ2) is 5.17. The molecule has 2 heterocycles. The summed E-state index contributed by atoms with van der Waals surface area (Å²) in [6.45, 7) is 8.02. The fraction of sp³-hybridized carbons (Fsp3) is 0.429. The average molecular weight is 278 g/mol. The molecule has 0 atom stereocenters. The van der Waals surface area contributed by atoms with Gasteiger partial charge in [-0.25, -0.2) is 0 Å². The molecule has 2 aromatic heterocycles. The maximum absolute atomic E-state index is 12.6. The highest BCUT2D eigenvalue weighted by molar-refractivity contribution is 7.14. The number of rotatable bonds is 4. The first-order chi connectivity index (χ1) is 8.95. The lowest BCUT2D eigenvalue weighted by atomic mass is 10.2. The molecule has 0 amide bonds. The van der Waals surface area contributed by atoms with Crippen LogP contribution in [0.3, 0.4) is 0 Å². The Morgan fingerprint density at radius 3 is 2.58 bits per heavy atom. The molecule has 0 fully saturated rings. The number of aryl methyl sites for hydroxylation is 2. The lowest BCUT2D eigenvalue weighted by molar-refractivity contribution is 0.102. The van der Waals surface area contributed by atoms with Crippen molar-refractivity contribution in [2.45, 2.75) is 33.7 Å². The average Bonchev–Trinajstić information content (AvgIpc) is 2.93. The molecule has 0 aliphatic heterocycles. The zero-order chi connectivity index (χ0) is 14.2. The summed E-state index contributed by atoms with van der Waals surface area (Å²) in [5.41, 5.74) is 1.67. The largest absolute Gasteiger partial charge is 0.493 e. The van der Waals surface area contributed by atoms with Gasteiger partial charge in [-0.1, -0.05) is 0 Å². The number of ether oxygens (including phenoxy) is 1. The first kappa shape index (κ1) is 13.8. The number of nitrogens with zero attached hydrogens (tertiary/aromatic N) is 2. The van der Waals surface area contributed by atoms with Crippen molar-refractivity contribution >= 4 is 17.1 Å². The Kier molecular flexibility index (Phi) is 3.75. The summed E-state index contributed by atoms with van der Waals surface area (Å²) >= 11 is 1.51. The zero-order valence-corrected chi connectivity index (χ0v) is 12.7. The van der Waals surface area contributed by atoms with Crippen LogP contribution in [-0.4, -0.2) is 22.7 Å². The SMILES string of the molecule is COc1cnn(C(C)C)c1C(=O)c1cc(C)c(C)s1. The predicted molar refractivity (Wildman–Crippen MR) is 76.4 cm³/mol. The van der Waals surface area contributed by atoms with Crippen LogP contribution in [-0.2, 0) is 0 Å². The van der Waals surface area contributed by atoms with Crippen molar-refractivity contribution in [3.8, 4) is 5.75 Å². The molecule has 0 saturated carbocycles. The Morgan fingerprint density at radius 2 is 2.11 bits per heavy atom. The molecule has 0 aliphatic rings. The van der Waals surface area contributed by atoms with E-state index < -0.39 is 0 Å². The maximum Gasteiger partial charge on any atom is 0.224 e. The van der Waals surface area contributed by atoms with Crippen molar-refractivity contribution < 1.29 is 9.53 Å². The second-order valence-corrected chi connectivity index (χ2v) is 6.04.